The van der Waals surface area contributed by atoms with Crippen molar-refractivity contribution < 1.29 is 9.18 Å². The summed E-state index contributed by atoms with van der Waals surface area (Å²) in [5.74, 6) is -0.410. The second-order valence-corrected chi connectivity index (χ2v) is 5.55. The highest BCUT2D eigenvalue weighted by molar-refractivity contribution is 5.92. The molecule has 0 aromatic heterocycles. The van der Waals surface area contributed by atoms with E-state index in [0.29, 0.717) is 18.8 Å². The van der Waals surface area contributed by atoms with Crippen LogP contribution >= 0.6 is 0 Å². The van der Waals surface area contributed by atoms with E-state index in [1.807, 2.05) is 7.05 Å². The summed E-state index contributed by atoms with van der Waals surface area (Å²) < 4.78 is 12.8. The zero-order valence-corrected chi connectivity index (χ0v) is 11.9. The van der Waals surface area contributed by atoms with Gasteiger partial charge in [0.1, 0.15) is 5.82 Å². The molecule has 0 unspecified atom stereocenters. The molecule has 1 aliphatic carbocycles. The van der Waals surface area contributed by atoms with Gasteiger partial charge in [-0.2, -0.15) is 0 Å². The molecule has 0 saturated heterocycles. The van der Waals surface area contributed by atoms with E-state index in [4.69, 9.17) is 5.73 Å². The number of nitrogens with one attached hydrogen (secondary N) is 1. The molecule has 1 aliphatic rings. The van der Waals surface area contributed by atoms with Crippen LogP contribution in [0.2, 0.25) is 0 Å². The quantitative estimate of drug-likeness (QED) is 0.866. The number of likely N-dealkylation sites (N-methyl/N-ethyl adjacent to an activating group) is 1. The highest BCUT2D eigenvalue weighted by atomic mass is 19.1. The fourth-order valence-corrected chi connectivity index (χ4v) is 2.89. The van der Waals surface area contributed by atoms with Crippen LogP contribution in [0.1, 0.15) is 25.7 Å². The Morgan fingerprint density at radius 2 is 1.95 bits per heavy atom. The fourth-order valence-electron chi connectivity index (χ4n) is 2.89. The van der Waals surface area contributed by atoms with Gasteiger partial charge in [0.05, 0.1) is 6.54 Å². The normalized spacial score (nSPS) is 17.4. The first-order valence-corrected chi connectivity index (χ1v) is 7.02. The number of nitrogens with two attached hydrogens (primary N) is 1. The molecular formula is C15H22FN3O. The van der Waals surface area contributed by atoms with Gasteiger partial charge in [-0.05, 0) is 44.2 Å². The highest BCUT2D eigenvalue weighted by Gasteiger charge is 2.36. The van der Waals surface area contributed by atoms with Gasteiger partial charge >= 0.3 is 0 Å². The number of amides is 1. The minimum atomic E-state index is -0.312. The van der Waals surface area contributed by atoms with Crippen LogP contribution in [0.5, 0.6) is 0 Å². The Balaban J connectivity index is 1.92. The zero-order valence-electron chi connectivity index (χ0n) is 11.9. The number of hydrogen-bond donors (Lipinski definition) is 2. The Bertz CT molecular complexity index is 455. The fraction of sp³-hybridized carbons (Fsp3) is 0.533. The van der Waals surface area contributed by atoms with E-state index in [1.54, 1.807) is 12.1 Å². The molecule has 0 radical (unpaired) electrons. The smallest absolute Gasteiger partial charge is 0.238 e. The minimum absolute atomic E-state index is 0.0415. The summed E-state index contributed by atoms with van der Waals surface area (Å²) in [5.41, 5.74) is 6.47. The predicted molar refractivity (Wildman–Crippen MR) is 77.9 cm³/mol. The van der Waals surface area contributed by atoms with Crippen LogP contribution in [0.4, 0.5) is 10.1 Å². The number of rotatable bonds is 5. The van der Waals surface area contributed by atoms with Crippen LogP contribution in [0.3, 0.4) is 0 Å². The lowest BCUT2D eigenvalue weighted by atomic mass is 9.96. The molecular weight excluding hydrogens is 257 g/mol. The van der Waals surface area contributed by atoms with Gasteiger partial charge in [0.15, 0.2) is 0 Å². The van der Waals surface area contributed by atoms with E-state index in [1.165, 1.54) is 25.0 Å². The maximum Gasteiger partial charge on any atom is 0.238 e. The van der Waals surface area contributed by atoms with Crippen LogP contribution in [0, 0.1) is 5.82 Å². The highest BCUT2D eigenvalue weighted by Crippen LogP contribution is 2.33. The van der Waals surface area contributed by atoms with Crippen molar-refractivity contribution in [2.45, 2.75) is 31.2 Å². The lowest BCUT2D eigenvalue weighted by Crippen LogP contribution is -2.52. The summed E-state index contributed by atoms with van der Waals surface area (Å²) in [6.07, 6.45) is 4.43. The Morgan fingerprint density at radius 3 is 2.50 bits per heavy atom. The summed E-state index contributed by atoms with van der Waals surface area (Å²) >= 11 is 0. The van der Waals surface area contributed by atoms with Crippen molar-refractivity contribution in [2.24, 2.45) is 5.73 Å². The number of carbonyl (C=O) groups is 1. The lowest BCUT2D eigenvalue weighted by molar-refractivity contribution is -0.118. The SMILES string of the molecule is CN(CC(=O)Nc1ccc(F)cc1)C1(CN)CCCC1. The molecule has 0 bridgehead atoms. The molecule has 2 rings (SSSR count). The molecule has 0 heterocycles. The molecule has 1 amide bonds. The number of halogens is 1. The average molecular weight is 279 g/mol. The number of benzene rings is 1. The van der Waals surface area contributed by atoms with Crippen LogP contribution < -0.4 is 11.1 Å². The van der Waals surface area contributed by atoms with Crippen LogP contribution in [0.25, 0.3) is 0 Å². The van der Waals surface area contributed by atoms with Gasteiger partial charge in [0.2, 0.25) is 5.91 Å². The number of anilines is 1. The summed E-state index contributed by atoms with van der Waals surface area (Å²) in [6.45, 7) is 0.877. The van der Waals surface area contributed by atoms with E-state index in [0.717, 1.165) is 12.8 Å². The molecule has 1 aromatic rings. The van der Waals surface area contributed by atoms with Crippen molar-refractivity contribution >= 4 is 11.6 Å². The van der Waals surface area contributed by atoms with Gasteiger partial charge in [-0.25, -0.2) is 4.39 Å². The number of nitrogens with zero attached hydrogens (tertiary/aromatic N) is 1. The molecule has 1 fully saturated rings. The third-order valence-electron chi connectivity index (χ3n) is 4.23. The largest absolute Gasteiger partial charge is 0.329 e. The van der Waals surface area contributed by atoms with Crippen molar-refractivity contribution in [1.29, 1.82) is 0 Å². The maximum atomic E-state index is 12.8. The van der Waals surface area contributed by atoms with Gasteiger partial charge in [-0.1, -0.05) is 12.8 Å². The van der Waals surface area contributed by atoms with Gasteiger partial charge in [-0.3, -0.25) is 9.69 Å². The molecule has 4 nitrogen and oxygen atoms in total. The van der Waals surface area contributed by atoms with Gasteiger partial charge < -0.3 is 11.1 Å². The second-order valence-electron chi connectivity index (χ2n) is 5.55. The van der Waals surface area contributed by atoms with Crippen LogP contribution in [0.15, 0.2) is 24.3 Å². The topological polar surface area (TPSA) is 58.4 Å². The summed E-state index contributed by atoms with van der Waals surface area (Å²) in [4.78, 5) is 14.1. The second kappa shape index (κ2) is 6.33. The molecule has 1 saturated carbocycles. The van der Waals surface area contributed by atoms with Crippen LogP contribution in [-0.2, 0) is 4.79 Å². The number of hydrogen-bond acceptors (Lipinski definition) is 3. The van der Waals surface area contributed by atoms with Crippen molar-refractivity contribution in [1.82, 2.24) is 4.90 Å². The van der Waals surface area contributed by atoms with Crippen LogP contribution in [-0.4, -0.2) is 36.5 Å². The number of carbonyl (C=O) groups excluding carboxylic acids is 1. The van der Waals surface area contributed by atoms with E-state index in [-0.39, 0.29) is 17.3 Å². The van der Waals surface area contributed by atoms with E-state index >= 15 is 0 Å². The molecule has 3 N–H and O–H groups in total. The Labute approximate surface area is 119 Å². The molecule has 0 spiro atoms. The monoisotopic (exact) mass is 279 g/mol. The van der Waals surface area contributed by atoms with Gasteiger partial charge in [0, 0.05) is 17.8 Å². The zero-order chi connectivity index (χ0) is 14.6. The summed E-state index contributed by atoms with van der Waals surface area (Å²) in [6, 6.07) is 5.78. The first-order valence-electron chi connectivity index (χ1n) is 7.02. The van der Waals surface area contributed by atoms with Crippen molar-refractivity contribution in [3.8, 4) is 0 Å². The predicted octanol–water partition coefficient (Wildman–Crippen LogP) is 1.97. The average Bonchev–Trinajstić information content (AvgIpc) is 2.91. The standard InChI is InChI=1S/C15H22FN3O/c1-19(15(11-17)8-2-3-9-15)10-14(20)18-13-6-4-12(16)5-7-13/h4-7H,2-3,8-11,17H2,1H3,(H,18,20). The maximum absolute atomic E-state index is 12.8. The van der Waals surface area contributed by atoms with Gasteiger partial charge in [0.25, 0.3) is 0 Å². The minimum Gasteiger partial charge on any atom is -0.329 e. The first kappa shape index (κ1) is 14.9. The first-order chi connectivity index (χ1) is 9.55. The Morgan fingerprint density at radius 1 is 1.35 bits per heavy atom. The molecule has 20 heavy (non-hydrogen) atoms. The molecule has 1 aromatic carbocycles. The van der Waals surface area contributed by atoms with E-state index < -0.39 is 0 Å². The Hall–Kier alpha value is -1.46. The van der Waals surface area contributed by atoms with Gasteiger partial charge in [-0.15, -0.1) is 0 Å². The molecule has 5 heteroatoms. The molecule has 0 aliphatic heterocycles. The molecule has 110 valence electrons. The van der Waals surface area contributed by atoms with Crippen molar-refractivity contribution in [2.75, 3.05) is 25.5 Å². The third-order valence-corrected chi connectivity index (χ3v) is 4.23. The van der Waals surface area contributed by atoms with E-state index in [2.05, 4.69) is 10.2 Å². The van der Waals surface area contributed by atoms with Crippen molar-refractivity contribution in [3.05, 3.63) is 30.1 Å². The lowest BCUT2D eigenvalue weighted by Gasteiger charge is -2.37. The van der Waals surface area contributed by atoms with Crippen molar-refractivity contribution in [3.63, 3.8) is 0 Å². The molecule has 0 atom stereocenters. The Kier molecular flexibility index (Phi) is 4.73. The summed E-state index contributed by atoms with van der Waals surface area (Å²) in [7, 11) is 1.95. The third kappa shape index (κ3) is 3.35. The summed E-state index contributed by atoms with van der Waals surface area (Å²) in [5, 5.41) is 2.78. The van der Waals surface area contributed by atoms with E-state index in [9.17, 15) is 9.18 Å².